The van der Waals surface area contributed by atoms with Gasteiger partial charge in [-0.25, -0.2) is 12.8 Å². The molecule has 5 heteroatoms. The maximum Gasteiger partial charge on any atom is 0.243 e. The van der Waals surface area contributed by atoms with Crippen LogP contribution in [0.15, 0.2) is 29.2 Å². The molecule has 1 fully saturated rings. The normalized spacial score (nSPS) is 26.2. The van der Waals surface area contributed by atoms with Crippen LogP contribution in [0.5, 0.6) is 0 Å². The first-order valence-corrected chi connectivity index (χ1v) is 7.59. The van der Waals surface area contributed by atoms with Crippen LogP contribution < -0.4 is 0 Å². The summed E-state index contributed by atoms with van der Waals surface area (Å²) in [6.07, 6.45) is 1.05. The zero-order valence-corrected chi connectivity index (χ0v) is 11.5. The SMILES string of the molecule is C[C@@H]1C[C@H](C)CN(S(=O)(=O)c2ccc(F)cc2)C1. The van der Waals surface area contributed by atoms with Crippen LogP contribution in [-0.4, -0.2) is 25.8 Å². The highest BCUT2D eigenvalue weighted by Gasteiger charge is 2.31. The summed E-state index contributed by atoms with van der Waals surface area (Å²) in [6.45, 7) is 5.21. The van der Waals surface area contributed by atoms with Gasteiger partial charge in [-0.05, 0) is 42.5 Å². The number of sulfonamides is 1. The van der Waals surface area contributed by atoms with Crippen molar-refractivity contribution in [2.24, 2.45) is 11.8 Å². The fraction of sp³-hybridized carbons (Fsp3) is 0.538. The van der Waals surface area contributed by atoms with E-state index in [0.717, 1.165) is 6.42 Å². The van der Waals surface area contributed by atoms with Gasteiger partial charge in [-0.15, -0.1) is 0 Å². The van der Waals surface area contributed by atoms with E-state index in [2.05, 4.69) is 13.8 Å². The van der Waals surface area contributed by atoms with Crippen molar-refractivity contribution >= 4 is 10.0 Å². The number of rotatable bonds is 2. The Morgan fingerprint density at radius 3 is 2.11 bits per heavy atom. The molecule has 1 aromatic carbocycles. The first kappa shape index (κ1) is 13.5. The van der Waals surface area contributed by atoms with Gasteiger partial charge in [0.1, 0.15) is 5.82 Å². The van der Waals surface area contributed by atoms with Crippen molar-refractivity contribution in [2.75, 3.05) is 13.1 Å². The van der Waals surface area contributed by atoms with E-state index in [1.807, 2.05) is 0 Å². The van der Waals surface area contributed by atoms with Crippen molar-refractivity contribution in [2.45, 2.75) is 25.2 Å². The van der Waals surface area contributed by atoms with Crippen molar-refractivity contribution in [1.29, 1.82) is 0 Å². The highest BCUT2D eigenvalue weighted by atomic mass is 32.2. The van der Waals surface area contributed by atoms with Crippen LogP contribution in [0.1, 0.15) is 20.3 Å². The fourth-order valence-corrected chi connectivity index (χ4v) is 4.24. The summed E-state index contributed by atoms with van der Waals surface area (Å²) in [7, 11) is -3.48. The molecule has 18 heavy (non-hydrogen) atoms. The van der Waals surface area contributed by atoms with E-state index in [9.17, 15) is 12.8 Å². The van der Waals surface area contributed by atoms with Crippen molar-refractivity contribution < 1.29 is 12.8 Å². The molecule has 1 heterocycles. The molecule has 100 valence electrons. The molecule has 2 rings (SSSR count). The van der Waals surface area contributed by atoms with E-state index in [1.165, 1.54) is 28.6 Å². The smallest absolute Gasteiger partial charge is 0.207 e. The third-order valence-electron chi connectivity index (χ3n) is 3.29. The van der Waals surface area contributed by atoms with E-state index in [-0.39, 0.29) is 4.90 Å². The molecule has 0 aliphatic carbocycles. The van der Waals surface area contributed by atoms with E-state index in [0.29, 0.717) is 24.9 Å². The molecule has 3 nitrogen and oxygen atoms in total. The lowest BCUT2D eigenvalue weighted by Crippen LogP contribution is -2.42. The van der Waals surface area contributed by atoms with Crippen LogP contribution in [0, 0.1) is 17.7 Å². The van der Waals surface area contributed by atoms with E-state index in [1.54, 1.807) is 0 Å². The summed E-state index contributed by atoms with van der Waals surface area (Å²) < 4.78 is 39.1. The minimum Gasteiger partial charge on any atom is -0.207 e. The molecule has 0 saturated carbocycles. The lowest BCUT2D eigenvalue weighted by molar-refractivity contribution is 0.222. The van der Waals surface area contributed by atoms with Crippen LogP contribution in [0.2, 0.25) is 0 Å². The second-order valence-corrected chi connectivity index (χ2v) is 7.16. The number of hydrogen-bond acceptors (Lipinski definition) is 2. The topological polar surface area (TPSA) is 37.4 Å². The molecule has 0 amide bonds. The van der Waals surface area contributed by atoms with Crippen LogP contribution in [-0.2, 0) is 10.0 Å². The average Bonchev–Trinajstić information content (AvgIpc) is 2.28. The zero-order chi connectivity index (χ0) is 13.3. The Morgan fingerprint density at radius 1 is 1.11 bits per heavy atom. The summed E-state index contributed by atoms with van der Waals surface area (Å²) >= 11 is 0. The Hall–Kier alpha value is -0.940. The van der Waals surface area contributed by atoms with Crippen LogP contribution >= 0.6 is 0 Å². The molecule has 0 unspecified atom stereocenters. The number of benzene rings is 1. The first-order chi connectivity index (χ1) is 8.39. The standard InChI is InChI=1S/C13H18FNO2S/c1-10-7-11(2)9-15(8-10)18(16,17)13-5-3-12(14)4-6-13/h3-6,10-11H,7-9H2,1-2H3/t10-,11+. The van der Waals surface area contributed by atoms with E-state index < -0.39 is 15.8 Å². The molecule has 0 aromatic heterocycles. The molecule has 0 N–H and O–H groups in total. The van der Waals surface area contributed by atoms with E-state index >= 15 is 0 Å². The average molecular weight is 271 g/mol. The van der Waals surface area contributed by atoms with Gasteiger partial charge >= 0.3 is 0 Å². The van der Waals surface area contributed by atoms with Gasteiger partial charge in [-0.1, -0.05) is 13.8 Å². The van der Waals surface area contributed by atoms with Crippen molar-refractivity contribution in [3.63, 3.8) is 0 Å². The van der Waals surface area contributed by atoms with Gasteiger partial charge in [0.25, 0.3) is 0 Å². The molecular formula is C13H18FNO2S. The van der Waals surface area contributed by atoms with Gasteiger partial charge in [0.2, 0.25) is 10.0 Å². The molecule has 0 spiro atoms. The number of nitrogens with zero attached hydrogens (tertiary/aromatic N) is 1. The van der Waals surface area contributed by atoms with Crippen molar-refractivity contribution in [1.82, 2.24) is 4.31 Å². The van der Waals surface area contributed by atoms with Crippen LogP contribution in [0.25, 0.3) is 0 Å². The number of hydrogen-bond donors (Lipinski definition) is 0. The monoisotopic (exact) mass is 271 g/mol. The van der Waals surface area contributed by atoms with Crippen LogP contribution in [0.3, 0.4) is 0 Å². The molecule has 2 atom stereocenters. The van der Waals surface area contributed by atoms with Gasteiger partial charge in [0, 0.05) is 13.1 Å². The molecule has 1 aromatic rings. The number of halogens is 1. The summed E-state index contributed by atoms with van der Waals surface area (Å²) in [4.78, 5) is 0.171. The Kier molecular flexibility index (Phi) is 3.73. The van der Waals surface area contributed by atoms with Gasteiger partial charge in [-0.2, -0.15) is 4.31 Å². The van der Waals surface area contributed by atoms with Gasteiger partial charge in [0.15, 0.2) is 0 Å². The molecular weight excluding hydrogens is 253 g/mol. The summed E-state index contributed by atoms with van der Waals surface area (Å²) in [5.74, 6) is 0.308. The summed E-state index contributed by atoms with van der Waals surface area (Å²) in [5, 5.41) is 0. The lowest BCUT2D eigenvalue weighted by atomic mass is 9.94. The maximum absolute atomic E-state index is 12.8. The quantitative estimate of drug-likeness (QED) is 0.828. The van der Waals surface area contributed by atoms with Crippen molar-refractivity contribution in [3.8, 4) is 0 Å². The molecule has 0 radical (unpaired) electrons. The molecule has 0 bridgehead atoms. The van der Waals surface area contributed by atoms with Gasteiger partial charge < -0.3 is 0 Å². The van der Waals surface area contributed by atoms with Crippen molar-refractivity contribution in [3.05, 3.63) is 30.1 Å². The molecule has 1 aliphatic rings. The predicted octanol–water partition coefficient (Wildman–Crippen LogP) is 2.49. The fourth-order valence-electron chi connectivity index (χ4n) is 2.56. The third-order valence-corrected chi connectivity index (χ3v) is 5.13. The molecule has 1 saturated heterocycles. The first-order valence-electron chi connectivity index (χ1n) is 6.15. The predicted molar refractivity (Wildman–Crippen MR) is 68.1 cm³/mol. The largest absolute Gasteiger partial charge is 0.243 e. The summed E-state index contributed by atoms with van der Waals surface area (Å²) in [6, 6.07) is 5.02. The lowest BCUT2D eigenvalue weighted by Gasteiger charge is -2.34. The summed E-state index contributed by atoms with van der Waals surface area (Å²) in [5.41, 5.74) is 0. The van der Waals surface area contributed by atoms with Gasteiger partial charge in [-0.3, -0.25) is 0 Å². The number of piperidine rings is 1. The Bertz CT molecular complexity index is 502. The highest BCUT2D eigenvalue weighted by Crippen LogP contribution is 2.26. The Morgan fingerprint density at radius 2 is 1.61 bits per heavy atom. The Labute approximate surface area is 108 Å². The minimum atomic E-state index is -3.48. The second kappa shape index (κ2) is 4.97. The second-order valence-electron chi connectivity index (χ2n) is 5.22. The zero-order valence-electron chi connectivity index (χ0n) is 10.6. The molecule has 1 aliphatic heterocycles. The van der Waals surface area contributed by atoms with Crippen LogP contribution in [0.4, 0.5) is 4.39 Å². The van der Waals surface area contributed by atoms with E-state index in [4.69, 9.17) is 0 Å². The maximum atomic E-state index is 12.8. The minimum absolute atomic E-state index is 0.171. The Balaban J connectivity index is 2.28. The van der Waals surface area contributed by atoms with Gasteiger partial charge in [0.05, 0.1) is 4.90 Å². The third kappa shape index (κ3) is 2.72. The highest BCUT2D eigenvalue weighted by molar-refractivity contribution is 7.89.